The molecule has 0 aliphatic rings. The van der Waals surface area contributed by atoms with Crippen LogP contribution in [-0.2, 0) is 18.9 Å². The Morgan fingerprint density at radius 1 is 0.833 bits per heavy atom. The Morgan fingerprint density at radius 2 is 1.50 bits per heavy atom. The van der Waals surface area contributed by atoms with E-state index in [1.165, 1.54) is 0 Å². The summed E-state index contributed by atoms with van der Waals surface area (Å²) in [6, 6.07) is 0. The van der Waals surface area contributed by atoms with E-state index in [9.17, 15) is 0 Å². The first-order valence-electron chi connectivity index (χ1n) is 6.90. The van der Waals surface area contributed by atoms with Crippen molar-refractivity contribution in [2.45, 2.75) is 52.9 Å². The summed E-state index contributed by atoms with van der Waals surface area (Å²) >= 11 is 0. The van der Waals surface area contributed by atoms with Gasteiger partial charge in [0, 0.05) is 13.5 Å². The van der Waals surface area contributed by atoms with Crippen molar-refractivity contribution in [3.05, 3.63) is 11.7 Å². The molecule has 0 fully saturated rings. The van der Waals surface area contributed by atoms with Crippen LogP contribution >= 0.6 is 0 Å². The molecule has 0 N–H and O–H groups in total. The van der Waals surface area contributed by atoms with E-state index in [0.29, 0.717) is 19.2 Å². The van der Waals surface area contributed by atoms with Gasteiger partial charge in [-0.15, -0.1) is 0 Å². The fourth-order valence-electron chi connectivity index (χ4n) is 1.31. The van der Waals surface area contributed by atoms with Gasteiger partial charge >= 0.3 is 5.95 Å². The van der Waals surface area contributed by atoms with Crippen molar-refractivity contribution < 1.29 is 18.9 Å². The highest BCUT2D eigenvalue weighted by Gasteiger charge is 2.11. The molecule has 0 spiro atoms. The highest BCUT2D eigenvalue weighted by atomic mass is 16.7. The van der Waals surface area contributed by atoms with Crippen LogP contribution < -0.4 is 0 Å². The summed E-state index contributed by atoms with van der Waals surface area (Å²) < 4.78 is 21.7. The second kappa shape index (κ2) is 12.6. The molecule has 4 heteroatoms. The quantitative estimate of drug-likeness (QED) is 0.395. The fraction of sp³-hybridized carbons (Fsp3) is 0.857. The Morgan fingerprint density at radius 3 is 2.06 bits per heavy atom. The molecule has 0 aromatic rings. The molecule has 0 aliphatic carbocycles. The van der Waals surface area contributed by atoms with Gasteiger partial charge in [0.1, 0.15) is 0 Å². The zero-order valence-electron chi connectivity index (χ0n) is 12.3. The molecule has 4 nitrogen and oxygen atoms in total. The summed E-state index contributed by atoms with van der Waals surface area (Å²) in [5, 5.41) is 0. The monoisotopic (exact) mass is 260 g/mol. The van der Waals surface area contributed by atoms with Crippen LogP contribution in [0.15, 0.2) is 11.7 Å². The van der Waals surface area contributed by atoms with Crippen molar-refractivity contribution in [2.24, 2.45) is 0 Å². The summed E-state index contributed by atoms with van der Waals surface area (Å²) in [4.78, 5) is 0. The molecule has 0 aromatic carbocycles. The van der Waals surface area contributed by atoms with E-state index in [1.807, 2.05) is 0 Å². The van der Waals surface area contributed by atoms with Crippen LogP contribution in [0, 0.1) is 0 Å². The van der Waals surface area contributed by atoms with Crippen LogP contribution in [0.1, 0.15) is 52.9 Å². The number of ether oxygens (including phenoxy) is 4. The fourth-order valence-corrected chi connectivity index (χ4v) is 1.31. The van der Waals surface area contributed by atoms with Crippen LogP contribution in [-0.4, -0.2) is 27.1 Å². The smallest absolute Gasteiger partial charge is 0.321 e. The van der Waals surface area contributed by atoms with Crippen LogP contribution in [0.4, 0.5) is 0 Å². The van der Waals surface area contributed by atoms with Gasteiger partial charge in [0.05, 0.1) is 13.2 Å². The van der Waals surface area contributed by atoms with Gasteiger partial charge < -0.3 is 18.9 Å². The molecular weight excluding hydrogens is 232 g/mol. The first kappa shape index (κ1) is 17.1. The maximum atomic E-state index is 5.72. The third kappa shape index (κ3) is 8.23. The van der Waals surface area contributed by atoms with Crippen molar-refractivity contribution in [3.63, 3.8) is 0 Å². The number of methoxy groups -OCH3 is 1. The third-order valence-corrected chi connectivity index (χ3v) is 2.21. The van der Waals surface area contributed by atoms with E-state index in [-0.39, 0.29) is 6.79 Å². The molecule has 0 bridgehead atoms. The number of allylic oxidation sites excluding steroid dienone is 1. The van der Waals surface area contributed by atoms with Gasteiger partial charge in [-0.05, 0) is 19.3 Å². The van der Waals surface area contributed by atoms with Crippen molar-refractivity contribution in [1.29, 1.82) is 0 Å². The number of hydrogen-bond acceptors (Lipinski definition) is 4. The highest BCUT2D eigenvalue weighted by molar-refractivity contribution is 4.95. The van der Waals surface area contributed by atoms with Crippen LogP contribution in [0.3, 0.4) is 0 Å². The van der Waals surface area contributed by atoms with Gasteiger partial charge in [-0.3, -0.25) is 0 Å². The van der Waals surface area contributed by atoms with Crippen LogP contribution in [0.2, 0.25) is 0 Å². The molecule has 0 aromatic heterocycles. The zero-order chi connectivity index (χ0) is 13.6. The van der Waals surface area contributed by atoms with Crippen LogP contribution in [0.5, 0.6) is 0 Å². The Balaban J connectivity index is 4.59. The number of unbranched alkanes of at least 4 members (excludes halogenated alkanes) is 1. The lowest BCUT2D eigenvalue weighted by atomic mass is 10.2. The predicted molar refractivity (Wildman–Crippen MR) is 72.0 cm³/mol. The second-order valence-corrected chi connectivity index (χ2v) is 4.06. The number of rotatable bonds is 12. The molecule has 108 valence electrons. The van der Waals surface area contributed by atoms with E-state index < -0.39 is 0 Å². The Bertz CT molecular complexity index is 172. The average Bonchev–Trinajstić information content (AvgIpc) is 2.40. The summed E-state index contributed by atoms with van der Waals surface area (Å²) in [7, 11) is 1.59. The molecule has 18 heavy (non-hydrogen) atoms. The lowest BCUT2D eigenvalue weighted by Gasteiger charge is -2.16. The van der Waals surface area contributed by atoms with Gasteiger partial charge in [-0.2, -0.15) is 0 Å². The molecular formula is C14H28O4. The molecule has 0 saturated heterocycles. The second-order valence-electron chi connectivity index (χ2n) is 4.06. The summed E-state index contributed by atoms with van der Waals surface area (Å²) in [5.41, 5.74) is 0. The lowest BCUT2D eigenvalue weighted by molar-refractivity contribution is -0.0685. The predicted octanol–water partition coefficient (Wildman–Crippen LogP) is 3.82. The minimum atomic E-state index is 0.185. The molecule has 0 heterocycles. The Hall–Kier alpha value is -0.900. The first-order valence-corrected chi connectivity index (χ1v) is 6.90. The van der Waals surface area contributed by atoms with Gasteiger partial charge in [0.2, 0.25) is 0 Å². The summed E-state index contributed by atoms with van der Waals surface area (Å²) in [5.74, 6) is 1.30. The first-order chi connectivity index (χ1) is 8.79. The molecule has 0 radical (unpaired) electrons. The van der Waals surface area contributed by atoms with Gasteiger partial charge in [0.15, 0.2) is 12.6 Å². The minimum Gasteiger partial charge on any atom is -0.491 e. The maximum Gasteiger partial charge on any atom is 0.321 e. The lowest BCUT2D eigenvalue weighted by Crippen LogP contribution is -2.08. The van der Waals surface area contributed by atoms with E-state index in [1.54, 1.807) is 7.11 Å². The molecule has 0 aliphatic heterocycles. The van der Waals surface area contributed by atoms with Crippen LogP contribution in [0.25, 0.3) is 0 Å². The van der Waals surface area contributed by atoms with Crippen molar-refractivity contribution in [3.8, 4) is 0 Å². The van der Waals surface area contributed by atoms with E-state index >= 15 is 0 Å². The maximum absolute atomic E-state index is 5.72. The molecule has 0 unspecified atom stereocenters. The van der Waals surface area contributed by atoms with E-state index in [2.05, 4.69) is 20.8 Å². The average molecular weight is 260 g/mol. The third-order valence-electron chi connectivity index (χ3n) is 2.21. The van der Waals surface area contributed by atoms with Gasteiger partial charge in [-0.1, -0.05) is 27.2 Å². The SMILES string of the molecule is CCCCC(OCCC)=C(OCCC)OCOC. The number of hydrogen-bond donors (Lipinski definition) is 0. The molecule has 0 atom stereocenters. The highest BCUT2D eigenvalue weighted by Crippen LogP contribution is 2.17. The Kier molecular flexibility index (Phi) is 11.9. The van der Waals surface area contributed by atoms with Gasteiger partial charge in [0.25, 0.3) is 0 Å². The normalized spacial score (nSPS) is 12.0. The zero-order valence-corrected chi connectivity index (χ0v) is 12.3. The largest absolute Gasteiger partial charge is 0.491 e. The molecule has 0 saturated carbocycles. The minimum absolute atomic E-state index is 0.185. The molecule has 0 amide bonds. The summed E-state index contributed by atoms with van der Waals surface area (Å²) in [6.45, 7) is 7.80. The van der Waals surface area contributed by atoms with Crippen molar-refractivity contribution >= 4 is 0 Å². The van der Waals surface area contributed by atoms with Crippen molar-refractivity contribution in [2.75, 3.05) is 27.1 Å². The Labute approximate surface area is 111 Å². The standard InChI is InChI=1S/C14H28O4/c1-5-8-9-13(16-10-6-2)14(17-11-7-3)18-12-15-4/h5-12H2,1-4H3. The molecule has 0 rings (SSSR count). The summed E-state index contributed by atoms with van der Waals surface area (Å²) in [6.07, 6.45) is 4.94. The van der Waals surface area contributed by atoms with E-state index in [0.717, 1.165) is 37.9 Å². The topological polar surface area (TPSA) is 36.9 Å². The van der Waals surface area contributed by atoms with E-state index in [4.69, 9.17) is 18.9 Å². The van der Waals surface area contributed by atoms with Gasteiger partial charge in [-0.25, -0.2) is 0 Å². The van der Waals surface area contributed by atoms with Crippen molar-refractivity contribution in [1.82, 2.24) is 0 Å².